The first-order valence-corrected chi connectivity index (χ1v) is 8.33. The van der Waals surface area contributed by atoms with Crippen LogP contribution in [0.4, 0.5) is 5.13 Å². The Kier molecular flexibility index (Phi) is 4.52. The molecule has 2 aromatic heterocycles. The molecule has 0 amide bonds. The molecule has 0 atom stereocenters. The minimum atomic E-state index is -0.383. The molecule has 0 aliphatic heterocycles. The number of hydrogen-bond donors (Lipinski definition) is 1. The number of rotatable bonds is 5. The van der Waals surface area contributed by atoms with Gasteiger partial charge < -0.3 is 4.42 Å². The van der Waals surface area contributed by atoms with Crippen molar-refractivity contribution < 1.29 is 4.42 Å². The summed E-state index contributed by atoms with van der Waals surface area (Å²) >= 11 is 1.41. The van der Waals surface area contributed by atoms with E-state index in [-0.39, 0.29) is 5.63 Å². The van der Waals surface area contributed by atoms with Crippen molar-refractivity contribution in [3.05, 3.63) is 46.1 Å². The lowest BCUT2D eigenvalue weighted by atomic mass is 10.1. The molecule has 3 aromatic rings. The van der Waals surface area contributed by atoms with Crippen LogP contribution in [-0.4, -0.2) is 10.7 Å². The summed E-state index contributed by atoms with van der Waals surface area (Å²) in [6.07, 6.45) is 2.00. The first-order valence-electron chi connectivity index (χ1n) is 7.45. The van der Waals surface area contributed by atoms with Crippen molar-refractivity contribution in [2.45, 2.75) is 26.7 Å². The highest BCUT2D eigenvalue weighted by Gasteiger charge is 2.11. The smallest absolute Gasteiger partial charge is 0.345 e. The van der Waals surface area contributed by atoms with Gasteiger partial charge in [0, 0.05) is 16.5 Å². The second-order valence-corrected chi connectivity index (χ2v) is 6.09. The Hall–Kier alpha value is -2.47. The molecule has 0 bridgehead atoms. The Morgan fingerprint density at radius 2 is 2.22 bits per heavy atom. The third kappa shape index (κ3) is 3.48. The topological polar surface area (TPSA) is 67.5 Å². The van der Waals surface area contributed by atoms with Crippen molar-refractivity contribution in [1.82, 2.24) is 4.98 Å². The Bertz CT molecular complexity index is 911. The number of para-hydroxylation sites is 1. The van der Waals surface area contributed by atoms with E-state index in [2.05, 4.69) is 22.4 Å². The van der Waals surface area contributed by atoms with E-state index in [1.165, 1.54) is 11.3 Å². The average molecular weight is 327 g/mol. The zero-order valence-corrected chi connectivity index (χ0v) is 13.8. The molecule has 1 N–H and O–H groups in total. The van der Waals surface area contributed by atoms with E-state index in [1.807, 2.05) is 36.6 Å². The predicted octanol–water partition coefficient (Wildman–Crippen LogP) is 4.50. The number of hydrogen-bond acceptors (Lipinski definition) is 6. The van der Waals surface area contributed by atoms with Gasteiger partial charge in [0.05, 0.1) is 11.3 Å². The number of thiazole rings is 1. The first-order chi connectivity index (χ1) is 11.2. The van der Waals surface area contributed by atoms with E-state index in [1.54, 1.807) is 6.07 Å². The molecule has 0 fully saturated rings. The van der Waals surface area contributed by atoms with Crippen molar-refractivity contribution in [3.8, 4) is 11.3 Å². The van der Waals surface area contributed by atoms with Crippen molar-refractivity contribution in [1.29, 1.82) is 0 Å². The van der Waals surface area contributed by atoms with Gasteiger partial charge in [0.25, 0.3) is 0 Å². The van der Waals surface area contributed by atoms with Gasteiger partial charge in [0.2, 0.25) is 5.13 Å². The van der Waals surface area contributed by atoms with Crippen LogP contribution >= 0.6 is 11.3 Å². The number of hydrazone groups is 1. The maximum atomic E-state index is 12.1. The maximum absolute atomic E-state index is 12.1. The molecule has 0 unspecified atom stereocenters. The minimum Gasteiger partial charge on any atom is -0.422 e. The molecule has 23 heavy (non-hydrogen) atoms. The van der Waals surface area contributed by atoms with Crippen LogP contribution in [0.2, 0.25) is 0 Å². The zero-order valence-electron chi connectivity index (χ0n) is 13.0. The summed E-state index contributed by atoms with van der Waals surface area (Å²) in [7, 11) is 0. The number of nitrogens with zero attached hydrogens (tertiary/aromatic N) is 2. The fraction of sp³-hybridized carbons (Fsp3) is 0.235. The van der Waals surface area contributed by atoms with Crippen molar-refractivity contribution in [2.75, 3.05) is 5.43 Å². The average Bonchev–Trinajstić information content (AvgIpc) is 3.01. The number of nitrogens with one attached hydrogen (secondary N) is 1. The van der Waals surface area contributed by atoms with Gasteiger partial charge in [-0.05, 0) is 25.5 Å². The van der Waals surface area contributed by atoms with Gasteiger partial charge >= 0.3 is 5.63 Å². The van der Waals surface area contributed by atoms with E-state index < -0.39 is 0 Å². The third-order valence-corrected chi connectivity index (χ3v) is 4.12. The molecule has 0 spiro atoms. The summed E-state index contributed by atoms with van der Waals surface area (Å²) in [6, 6.07) is 9.24. The first kappa shape index (κ1) is 15.4. The molecule has 118 valence electrons. The summed E-state index contributed by atoms with van der Waals surface area (Å²) in [5.41, 5.74) is 5.21. The van der Waals surface area contributed by atoms with Crippen LogP contribution < -0.4 is 11.1 Å². The van der Waals surface area contributed by atoms with Gasteiger partial charge in [-0.15, -0.1) is 11.3 Å². The lowest BCUT2D eigenvalue weighted by Crippen LogP contribution is -2.03. The normalized spacial score (nSPS) is 11.8. The summed E-state index contributed by atoms with van der Waals surface area (Å²) in [6.45, 7) is 4.09. The number of fused-ring (bicyclic) bond motifs is 1. The molecule has 5 nitrogen and oxygen atoms in total. The van der Waals surface area contributed by atoms with Crippen LogP contribution in [0.15, 0.2) is 50.0 Å². The van der Waals surface area contributed by atoms with Gasteiger partial charge in [-0.2, -0.15) is 5.10 Å². The quantitative estimate of drug-likeness (QED) is 0.425. The van der Waals surface area contributed by atoms with Gasteiger partial charge in [0.15, 0.2) is 0 Å². The molecular weight excluding hydrogens is 310 g/mol. The highest BCUT2D eigenvalue weighted by molar-refractivity contribution is 7.14. The molecule has 2 heterocycles. The Labute approximate surface area is 137 Å². The van der Waals surface area contributed by atoms with E-state index in [0.717, 1.165) is 23.9 Å². The standard InChI is InChI=1S/C17H17N3O2S/c1-3-6-11(2)19-20-17-18-14(10-23-17)13-9-12-7-4-5-8-15(12)22-16(13)21/h4-5,7-10H,3,6H2,1-2H3,(H,18,20)/b19-11+. The number of aromatic nitrogens is 1. The fourth-order valence-corrected chi connectivity index (χ4v) is 2.90. The lowest BCUT2D eigenvalue weighted by molar-refractivity contribution is 0.563. The highest BCUT2D eigenvalue weighted by Crippen LogP contribution is 2.25. The van der Waals surface area contributed by atoms with E-state index in [4.69, 9.17) is 4.42 Å². The van der Waals surface area contributed by atoms with E-state index in [0.29, 0.717) is 22.0 Å². The molecule has 1 aromatic carbocycles. The SMILES string of the molecule is CCC/C(C)=N/Nc1nc(-c2cc3ccccc3oc2=O)cs1. The number of benzene rings is 1. The molecule has 3 rings (SSSR count). The Morgan fingerprint density at radius 3 is 3.04 bits per heavy atom. The van der Waals surface area contributed by atoms with Crippen molar-refractivity contribution in [2.24, 2.45) is 5.10 Å². The predicted molar refractivity (Wildman–Crippen MR) is 95.2 cm³/mol. The largest absolute Gasteiger partial charge is 0.422 e. The van der Waals surface area contributed by atoms with Crippen LogP contribution in [0, 0.1) is 0 Å². The fourth-order valence-electron chi connectivity index (χ4n) is 2.25. The zero-order chi connectivity index (χ0) is 16.2. The molecular formula is C17H17N3O2S. The van der Waals surface area contributed by atoms with Crippen LogP contribution in [0.1, 0.15) is 26.7 Å². The lowest BCUT2D eigenvalue weighted by Gasteiger charge is -1.99. The molecule has 0 aliphatic rings. The monoisotopic (exact) mass is 327 g/mol. The van der Waals surface area contributed by atoms with Crippen molar-refractivity contribution >= 4 is 33.1 Å². The van der Waals surface area contributed by atoms with Crippen LogP contribution in [-0.2, 0) is 0 Å². The van der Waals surface area contributed by atoms with Gasteiger partial charge in [-0.3, -0.25) is 5.43 Å². The summed E-state index contributed by atoms with van der Waals surface area (Å²) < 4.78 is 5.35. The van der Waals surface area contributed by atoms with Crippen LogP contribution in [0.25, 0.3) is 22.2 Å². The van der Waals surface area contributed by atoms with Crippen LogP contribution in [0.3, 0.4) is 0 Å². The number of anilines is 1. The summed E-state index contributed by atoms with van der Waals surface area (Å²) in [4.78, 5) is 16.6. The maximum Gasteiger partial charge on any atom is 0.345 e. The van der Waals surface area contributed by atoms with Gasteiger partial charge in [-0.25, -0.2) is 9.78 Å². The Morgan fingerprint density at radius 1 is 1.39 bits per heavy atom. The summed E-state index contributed by atoms with van der Waals surface area (Å²) in [5, 5.41) is 7.64. The second-order valence-electron chi connectivity index (χ2n) is 5.23. The van der Waals surface area contributed by atoms with E-state index in [9.17, 15) is 4.79 Å². The molecule has 0 aliphatic carbocycles. The summed E-state index contributed by atoms with van der Waals surface area (Å²) in [5.74, 6) is 0. The third-order valence-electron chi connectivity index (χ3n) is 3.38. The molecule has 0 saturated heterocycles. The van der Waals surface area contributed by atoms with E-state index >= 15 is 0 Å². The van der Waals surface area contributed by atoms with Crippen LogP contribution in [0.5, 0.6) is 0 Å². The second kappa shape index (κ2) is 6.75. The molecule has 6 heteroatoms. The molecule has 0 saturated carbocycles. The van der Waals surface area contributed by atoms with Crippen molar-refractivity contribution in [3.63, 3.8) is 0 Å². The van der Waals surface area contributed by atoms with Gasteiger partial charge in [0.1, 0.15) is 5.58 Å². The minimum absolute atomic E-state index is 0.383. The molecule has 0 radical (unpaired) electrons. The highest BCUT2D eigenvalue weighted by atomic mass is 32.1. The van der Waals surface area contributed by atoms with Gasteiger partial charge in [-0.1, -0.05) is 31.5 Å². The Balaban J connectivity index is 1.90.